The third kappa shape index (κ3) is 2.14. The van der Waals surface area contributed by atoms with Crippen LogP contribution in [0.4, 0.5) is 5.82 Å². The number of hydrogen-bond donors (Lipinski definition) is 0. The van der Waals surface area contributed by atoms with Gasteiger partial charge in [-0.2, -0.15) is 5.10 Å². The highest BCUT2D eigenvalue weighted by Gasteiger charge is 2.27. The summed E-state index contributed by atoms with van der Waals surface area (Å²) in [6.45, 7) is 7.04. The van der Waals surface area contributed by atoms with Crippen LogP contribution in [0.2, 0.25) is 0 Å². The molecule has 0 bridgehead atoms. The van der Waals surface area contributed by atoms with E-state index in [-0.39, 0.29) is 0 Å². The molecule has 100 valence electrons. The third-order valence-corrected chi connectivity index (χ3v) is 3.90. The predicted molar refractivity (Wildman–Crippen MR) is 72.3 cm³/mol. The Morgan fingerprint density at radius 1 is 1.39 bits per heavy atom. The Morgan fingerprint density at radius 3 is 2.72 bits per heavy atom. The lowest BCUT2D eigenvalue weighted by Gasteiger charge is -2.40. The molecule has 0 spiro atoms. The Kier molecular flexibility index (Phi) is 3.71. The number of carbonyl (C=O) groups excluding carboxylic acids is 1. The SMILES string of the molecule is CCC1CN(c2c(C=O)c(C)nn2C)CCN1C. The average Bonchev–Trinajstić information content (AvgIpc) is 2.64. The van der Waals surface area contributed by atoms with Gasteiger partial charge in [0.05, 0.1) is 11.3 Å². The van der Waals surface area contributed by atoms with Gasteiger partial charge in [0.25, 0.3) is 0 Å². The van der Waals surface area contributed by atoms with Gasteiger partial charge in [-0.15, -0.1) is 0 Å². The van der Waals surface area contributed by atoms with E-state index in [2.05, 4.69) is 28.9 Å². The van der Waals surface area contributed by atoms with E-state index in [0.717, 1.165) is 49.4 Å². The highest BCUT2D eigenvalue weighted by Crippen LogP contribution is 2.24. The molecule has 0 radical (unpaired) electrons. The Morgan fingerprint density at radius 2 is 2.11 bits per heavy atom. The first-order chi connectivity index (χ1) is 8.58. The second-order valence-corrected chi connectivity index (χ2v) is 5.05. The van der Waals surface area contributed by atoms with Crippen molar-refractivity contribution in [1.82, 2.24) is 14.7 Å². The summed E-state index contributed by atoms with van der Waals surface area (Å²) >= 11 is 0. The van der Waals surface area contributed by atoms with Crippen LogP contribution in [0.5, 0.6) is 0 Å². The highest BCUT2D eigenvalue weighted by molar-refractivity contribution is 5.84. The van der Waals surface area contributed by atoms with Crippen LogP contribution in [-0.2, 0) is 7.05 Å². The number of piperazine rings is 1. The summed E-state index contributed by atoms with van der Waals surface area (Å²) in [4.78, 5) is 15.9. The van der Waals surface area contributed by atoms with Crippen molar-refractivity contribution in [2.75, 3.05) is 31.6 Å². The summed E-state index contributed by atoms with van der Waals surface area (Å²) in [7, 11) is 4.08. The Hall–Kier alpha value is -1.36. The van der Waals surface area contributed by atoms with Crippen molar-refractivity contribution >= 4 is 12.1 Å². The first-order valence-electron chi connectivity index (χ1n) is 6.52. The highest BCUT2D eigenvalue weighted by atomic mass is 16.1. The summed E-state index contributed by atoms with van der Waals surface area (Å²) in [6.07, 6.45) is 2.05. The van der Waals surface area contributed by atoms with Gasteiger partial charge in [-0.1, -0.05) is 6.92 Å². The van der Waals surface area contributed by atoms with E-state index in [1.165, 1.54) is 0 Å². The van der Waals surface area contributed by atoms with Gasteiger partial charge in [0.15, 0.2) is 6.29 Å². The van der Waals surface area contributed by atoms with Crippen molar-refractivity contribution in [3.63, 3.8) is 0 Å². The molecule has 1 unspecified atom stereocenters. The fraction of sp³-hybridized carbons (Fsp3) is 0.692. The molecule has 1 fully saturated rings. The van der Waals surface area contributed by atoms with Gasteiger partial charge >= 0.3 is 0 Å². The summed E-state index contributed by atoms with van der Waals surface area (Å²) < 4.78 is 1.83. The molecule has 1 aliphatic rings. The zero-order valence-corrected chi connectivity index (χ0v) is 11.7. The normalized spacial score (nSPS) is 21.3. The summed E-state index contributed by atoms with van der Waals surface area (Å²) in [5.41, 5.74) is 1.55. The lowest BCUT2D eigenvalue weighted by atomic mass is 10.1. The van der Waals surface area contributed by atoms with Gasteiger partial charge in [-0.05, 0) is 20.4 Å². The maximum atomic E-state index is 11.2. The molecular weight excluding hydrogens is 228 g/mol. The van der Waals surface area contributed by atoms with Crippen molar-refractivity contribution in [3.8, 4) is 0 Å². The molecule has 2 heterocycles. The van der Waals surface area contributed by atoms with Crippen molar-refractivity contribution in [2.45, 2.75) is 26.3 Å². The second kappa shape index (κ2) is 5.10. The average molecular weight is 250 g/mol. The summed E-state index contributed by atoms with van der Waals surface area (Å²) in [5, 5.41) is 4.36. The summed E-state index contributed by atoms with van der Waals surface area (Å²) in [6, 6.07) is 0.549. The molecule has 0 aliphatic carbocycles. The Labute approximate surface area is 108 Å². The van der Waals surface area contributed by atoms with Crippen molar-refractivity contribution in [2.24, 2.45) is 7.05 Å². The number of aryl methyl sites for hydroxylation is 2. The van der Waals surface area contributed by atoms with Gasteiger partial charge in [0.1, 0.15) is 5.82 Å². The molecule has 1 aromatic rings. The van der Waals surface area contributed by atoms with Crippen LogP contribution in [0.15, 0.2) is 0 Å². The van der Waals surface area contributed by atoms with E-state index >= 15 is 0 Å². The van der Waals surface area contributed by atoms with E-state index in [1.807, 2.05) is 18.7 Å². The van der Waals surface area contributed by atoms with E-state index < -0.39 is 0 Å². The van der Waals surface area contributed by atoms with Crippen LogP contribution in [0.3, 0.4) is 0 Å². The molecule has 1 aliphatic heterocycles. The van der Waals surface area contributed by atoms with Crippen LogP contribution in [0.25, 0.3) is 0 Å². The van der Waals surface area contributed by atoms with Crippen LogP contribution in [-0.4, -0.2) is 53.7 Å². The van der Waals surface area contributed by atoms with Gasteiger partial charge in [0, 0.05) is 32.7 Å². The number of nitrogens with zero attached hydrogens (tertiary/aromatic N) is 4. The zero-order chi connectivity index (χ0) is 13.3. The largest absolute Gasteiger partial charge is 0.353 e. The van der Waals surface area contributed by atoms with Gasteiger partial charge < -0.3 is 4.90 Å². The quantitative estimate of drug-likeness (QED) is 0.753. The predicted octanol–water partition coefficient (Wildman–Crippen LogP) is 1.07. The number of aldehydes is 1. The number of rotatable bonds is 3. The first kappa shape index (κ1) is 13.1. The molecular formula is C13H22N4O. The van der Waals surface area contributed by atoms with Crippen molar-refractivity contribution in [1.29, 1.82) is 0 Å². The third-order valence-electron chi connectivity index (χ3n) is 3.90. The first-order valence-corrected chi connectivity index (χ1v) is 6.52. The molecule has 1 aromatic heterocycles. The van der Waals surface area contributed by atoms with E-state index in [4.69, 9.17) is 0 Å². The van der Waals surface area contributed by atoms with Crippen LogP contribution in [0, 0.1) is 6.92 Å². The van der Waals surface area contributed by atoms with Crippen molar-refractivity contribution in [3.05, 3.63) is 11.3 Å². The maximum Gasteiger partial charge on any atom is 0.155 e. The fourth-order valence-corrected chi connectivity index (χ4v) is 2.75. The molecule has 0 saturated carbocycles. The Balaban J connectivity index is 2.29. The van der Waals surface area contributed by atoms with Crippen LogP contribution in [0.1, 0.15) is 29.4 Å². The molecule has 5 nitrogen and oxygen atoms in total. The van der Waals surface area contributed by atoms with E-state index in [9.17, 15) is 4.79 Å². The monoisotopic (exact) mass is 250 g/mol. The lowest BCUT2D eigenvalue weighted by Crippen LogP contribution is -2.51. The molecule has 1 saturated heterocycles. The van der Waals surface area contributed by atoms with E-state index in [0.29, 0.717) is 6.04 Å². The zero-order valence-electron chi connectivity index (χ0n) is 11.7. The molecule has 18 heavy (non-hydrogen) atoms. The standard InChI is InChI=1S/C13H22N4O/c1-5-11-8-17(7-6-15(11)3)13-12(9-18)10(2)14-16(13)4/h9,11H,5-8H2,1-4H3. The second-order valence-electron chi connectivity index (χ2n) is 5.05. The minimum absolute atomic E-state index is 0.549. The topological polar surface area (TPSA) is 41.4 Å². The summed E-state index contributed by atoms with van der Waals surface area (Å²) in [5.74, 6) is 0.967. The van der Waals surface area contributed by atoms with Gasteiger partial charge in [-0.25, -0.2) is 0 Å². The van der Waals surface area contributed by atoms with E-state index in [1.54, 1.807) is 0 Å². The number of anilines is 1. The lowest BCUT2D eigenvalue weighted by molar-refractivity contribution is 0.112. The maximum absolute atomic E-state index is 11.2. The minimum atomic E-state index is 0.549. The fourth-order valence-electron chi connectivity index (χ4n) is 2.75. The molecule has 0 aromatic carbocycles. The van der Waals surface area contributed by atoms with Crippen LogP contribution >= 0.6 is 0 Å². The number of likely N-dealkylation sites (N-methyl/N-ethyl adjacent to an activating group) is 1. The van der Waals surface area contributed by atoms with Crippen molar-refractivity contribution < 1.29 is 4.79 Å². The number of hydrogen-bond acceptors (Lipinski definition) is 4. The smallest absolute Gasteiger partial charge is 0.155 e. The minimum Gasteiger partial charge on any atom is -0.353 e. The van der Waals surface area contributed by atoms with Gasteiger partial charge in [-0.3, -0.25) is 14.4 Å². The molecule has 0 N–H and O–H groups in total. The Bertz CT molecular complexity index is 440. The number of aromatic nitrogens is 2. The molecule has 5 heteroatoms. The van der Waals surface area contributed by atoms with Gasteiger partial charge in [0.2, 0.25) is 0 Å². The molecule has 0 amide bonds. The molecule has 2 rings (SSSR count). The van der Waals surface area contributed by atoms with Crippen LogP contribution < -0.4 is 4.90 Å². The molecule has 1 atom stereocenters. The number of carbonyl (C=O) groups is 1.